The van der Waals surface area contributed by atoms with Crippen LogP contribution in [0.3, 0.4) is 0 Å². The zero-order chi connectivity index (χ0) is 12.4. The van der Waals surface area contributed by atoms with Crippen LogP contribution in [0.4, 0.5) is 0 Å². The highest BCUT2D eigenvalue weighted by molar-refractivity contribution is 5.70. The average Bonchev–Trinajstić information content (AvgIpc) is 2.21. The molecule has 0 rings (SSSR count). The Morgan fingerprint density at radius 1 is 1.44 bits per heavy atom. The molecule has 0 fully saturated rings. The second-order valence-electron chi connectivity index (χ2n) is 3.89. The molecule has 0 heterocycles. The van der Waals surface area contributed by atoms with Crippen molar-refractivity contribution in [1.82, 2.24) is 15.5 Å². The lowest BCUT2D eigenvalue weighted by Crippen LogP contribution is -2.34. The lowest BCUT2D eigenvalue weighted by atomic mass is 10.3. The van der Waals surface area contributed by atoms with Crippen LogP contribution in [0, 0.1) is 0 Å². The van der Waals surface area contributed by atoms with E-state index in [1.54, 1.807) is 13.4 Å². The summed E-state index contributed by atoms with van der Waals surface area (Å²) in [6.07, 6.45) is 2.44. The number of nitrogens with one attached hydrogen (secondary N) is 2. The molecule has 2 unspecified atom stereocenters. The van der Waals surface area contributed by atoms with Gasteiger partial charge in [-0.05, 0) is 28.1 Å². The fourth-order valence-electron chi connectivity index (χ4n) is 1.09. The Hall–Kier alpha value is -0.980. The van der Waals surface area contributed by atoms with Gasteiger partial charge in [-0.25, -0.2) is 4.99 Å². The Kier molecular flexibility index (Phi) is 8.69. The molecule has 0 aliphatic heterocycles. The van der Waals surface area contributed by atoms with Gasteiger partial charge in [0.2, 0.25) is 0 Å². The van der Waals surface area contributed by atoms with Crippen molar-refractivity contribution in [3.63, 3.8) is 0 Å². The van der Waals surface area contributed by atoms with E-state index in [1.807, 2.05) is 14.1 Å². The van der Waals surface area contributed by atoms with E-state index in [9.17, 15) is 0 Å². The third kappa shape index (κ3) is 9.57. The van der Waals surface area contributed by atoms with Gasteiger partial charge in [0.1, 0.15) is 12.6 Å². The summed E-state index contributed by atoms with van der Waals surface area (Å²) in [6, 6.07) is 0.343. The Labute approximate surface area is 97.5 Å². The molecule has 0 aliphatic carbocycles. The predicted octanol–water partition coefficient (Wildman–Crippen LogP) is -0.879. The molecule has 0 bridgehead atoms. The van der Waals surface area contributed by atoms with E-state index in [4.69, 9.17) is 5.11 Å². The zero-order valence-electron chi connectivity index (χ0n) is 10.5. The smallest absolute Gasteiger partial charge is 0.124 e. The van der Waals surface area contributed by atoms with Crippen LogP contribution in [0.1, 0.15) is 6.92 Å². The molecule has 94 valence electrons. The van der Waals surface area contributed by atoms with Gasteiger partial charge < -0.3 is 15.3 Å². The highest BCUT2D eigenvalue weighted by atomic mass is 16.3. The summed E-state index contributed by atoms with van der Waals surface area (Å²) < 4.78 is 0. The molecule has 16 heavy (non-hydrogen) atoms. The van der Waals surface area contributed by atoms with Crippen LogP contribution in [-0.2, 0) is 0 Å². The summed E-state index contributed by atoms with van der Waals surface area (Å²) in [4.78, 5) is 9.95. The van der Waals surface area contributed by atoms with Gasteiger partial charge in [-0.2, -0.15) is 0 Å². The maximum atomic E-state index is 9.10. The van der Waals surface area contributed by atoms with E-state index >= 15 is 0 Å². The van der Waals surface area contributed by atoms with E-state index in [1.165, 1.54) is 6.34 Å². The van der Waals surface area contributed by atoms with Gasteiger partial charge in [0.15, 0.2) is 0 Å². The van der Waals surface area contributed by atoms with Crippen LogP contribution < -0.4 is 10.6 Å². The molecule has 6 nitrogen and oxygen atoms in total. The first-order valence-electron chi connectivity index (χ1n) is 5.32. The minimum atomic E-state index is -0.605. The first-order valence-corrected chi connectivity index (χ1v) is 5.32. The normalized spacial score (nSPS) is 16.1. The van der Waals surface area contributed by atoms with Crippen LogP contribution in [0.2, 0.25) is 0 Å². The van der Waals surface area contributed by atoms with Crippen molar-refractivity contribution in [1.29, 1.82) is 0 Å². The molecule has 0 aromatic heterocycles. The number of hydrogen-bond acceptors (Lipinski definition) is 4. The maximum Gasteiger partial charge on any atom is 0.124 e. The number of aliphatic imine (C=N–C) groups is 2. The number of aliphatic hydroxyl groups is 1. The second kappa shape index (κ2) is 9.26. The van der Waals surface area contributed by atoms with E-state index in [0.717, 1.165) is 6.54 Å². The molecule has 0 amide bonds. The summed E-state index contributed by atoms with van der Waals surface area (Å²) >= 11 is 0. The molecule has 0 spiro atoms. The number of aliphatic hydroxyl groups excluding tert-OH is 1. The molecular weight excluding hydrogens is 206 g/mol. The largest absolute Gasteiger partial charge is 0.377 e. The highest BCUT2D eigenvalue weighted by Crippen LogP contribution is 1.82. The highest BCUT2D eigenvalue weighted by Gasteiger charge is 1.98. The van der Waals surface area contributed by atoms with Gasteiger partial charge in [-0.3, -0.25) is 10.3 Å². The van der Waals surface area contributed by atoms with Gasteiger partial charge in [-0.15, -0.1) is 0 Å². The van der Waals surface area contributed by atoms with Crippen molar-refractivity contribution in [3.8, 4) is 0 Å². The molecule has 0 aliphatic rings. The molecule has 0 aromatic carbocycles. The summed E-state index contributed by atoms with van der Waals surface area (Å²) in [5.74, 6) is 0. The standard InChI is InChI=1S/C10H23N5O/c1-9(6-15(3)4)14-8-13-7-12-5-10(16)11-2/h7-11,16H,5-6H2,1-4H3,(H,12,13,14). The molecule has 0 radical (unpaired) electrons. The third-order valence-electron chi connectivity index (χ3n) is 1.83. The first kappa shape index (κ1) is 15.0. The average molecular weight is 229 g/mol. The SMILES string of the molecule is CNC(O)C/N=C\N=C\NC(C)CN(C)C. The monoisotopic (exact) mass is 229 g/mol. The molecule has 0 saturated heterocycles. The van der Waals surface area contributed by atoms with Crippen molar-refractivity contribution in [3.05, 3.63) is 0 Å². The summed E-state index contributed by atoms with van der Waals surface area (Å²) in [5.41, 5.74) is 0. The topological polar surface area (TPSA) is 72.2 Å². The Morgan fingerprint density at radius 2 is 2.12 bits per heavy atom. The Morgan fingerprint density at radius 3 is 2.69 bits per heavy atom. The quantitative estimate of drug-likeness (QED) is 0.287. The van der Waals surface area contributed by atoms with Crippen LogP contribution in [0.5, 0.6) is 0 Å². The number of hydrogen-bond donors (Lipinski definition) is 3. The Bertz CT molecular complexity index is 217. The lowest BCUT2D eigenvalue weighted by Gasteiger charge is -2.16. The minimum Gasteiger partial charge on any atom is -0.377 e. The van der Waals surface area contributed by atoms with Gasteiger partial charge in [0, 0.05) is 12.6 Å². The van der Waals surface area contributed by atoms with Crippen molar-refractivity contribution in [2.75, 3.05) is 34.2 Å². The summed E-state index contributed by atoms with van der Waals surface area (Å²) in [7, 11) is 5.72. The molecule has 0 aromatic rings. The molecule has 6 heteroatoms. The summed E-state index contributed by atoms with van der Waals surface area (Å²) in [6.45, 7) is 3.33. The van der Waals surface area contributed by atoms with E-state index < -0.39 is 6.23 Å². The number of nitrogens with zero attached hydrogens (tertiary/aromatic N) is 3. The van der Waals surface area contributed by atoms with Crippen LogP contribution in [-0.4, -0.2) is 69.2 Å². The van der Waals surface area contributed by atoms with Gasteiger partial charge in [0.05, 0.1) is 12.9 Å². The summed E-state index contributed by atoms with van der Waals surface area (Å²) in [5, 5.41) is 14.9. The minimum absolute atomic E-state index is 0.307. The van der Waals surface area contributed by atoms with Crippen LogP contribution in [0.15, 0.2) is 9.98 Å². The fraction of sp³-hybridized carbons (Fsp3) is 0.800. The molecule has 2 atom stereocenters. The number of rotatable bonds is 8. The van der Waals surface area contributed by atoms with Crippen LogP contribution in [0.25, 0.3) is 0 Å². The lowest BCUT2D eigenvalue weighted by molar-refractivity contribution is 0.156. The molecular formula is C10H23N5O. The van der Waals surface area contributed by atoms with Gasteiger partial charge in [0.25, 0.3) is 0 Å². The molecule has 0 saturated carbocycles. The second-order valence-corrected chi connectivity index (χ2v) is 3.89. The van der Waals surface area contributed by atoms with Gasteiger partial charge >= 0.3 is 0 Å². The predicted molar refractivity (Wildman–Crippen MR) is 68.1 cm³/mol. The number of likely N-dealkylation sites (N-methyl/N-ethyl adjacent to an activating group) is 2. The van der Waals surface area contributed by atoms with E-state index in [0.29, 0.717) is 12.6 Å². The van der Waals surface area contributed by atoms with E-state index in [2.05, 4.69) is 32.4 Å². The van der Waals surface area contributed by atoms with Crippen molar-refractivity contribution in [2.45, 2.75) is 19.2 Å². The zero-order valence-corrected chi connectivity index (χ0v) is 10.5. The third-order valence-corrected chi connectivity index (χ3v) is 1.83. The Balaban J connectivity index is 3.60. The molecule has 3 N–H and O–H groups in total. The first-order chi connectivity index (χ1) is 7.56. The van der Waals surface area contributed by atoms with Crippen molar-refractivity contribution < 1.29 is 5.11 Å². The van der Waals surface area contributed by atoms with Crippen LogP contribution >= 0.6 is 0 Å². The van der Waals surface area contributed by atoms with Crippen molar-refractivity contribution >= 4 is 12.7 Å². The fourth-order valence-corrected chi connectivity index (χ4v) is 1.09. The van der Waals surface area contributed by atoms with E-state index in [-0.39, 0.29) is 0 Å². The maximum absolute atomic E-state index is 9.10. The van der Waals surface area contributed by atoms with Gasteiger partial charge in [-0.1, -0.05) is 0 Å². The van der Waals surface area contributed by atoms with Crippen molar-refractivity contribution in [2.24, 2.45) is 9.98 Å².